The van der Waals surface area contributed by atoms with Crippen LogP contribution in [0.25, 0.3) is 0 Å². The van der Waals surface area contributed by atoms with E-state index in [0.29, 0.717) is 29.2 Å². The lowest BCUT2D eigenvalue weighted by Crippen LogP contribution is -2.43. The Morgan fingerprint density at radius 2 is 1.86 bits per heavy atom. The van der Waals surface area contributed by atoms with Gasteiger partial charge >= 0.3 is 0 Å². The highest BCUT2D eigenvalue weighted by Gasteiger charge is 2.32. The Morgan fingerprint density at radius 1 is 1.05 bits per heavy atom. The first-order valence-electron chi connectivity index (χ1n) is 12.5. The Labute approximate surface area is 218 Å². The van der Waals surface area contributed by atoms with E-state index in [1.807, 2.05) is 17.0 Å². The molecule has 5 heterocycles. The number of likely N-dealkylation sites (tertiary alicyclic amines) is 1. The number of carbonyl (C=O) groups excluding carboxylic acids is 3. The second-order valence-electron chi connectivity index (χ2n) is 9.36. The number of hydrogen-bond acceptors (Lipinski definition) is 8. The molecule has 0 bridgehead atoms. The van der Waals surface area contributed by atoms with Crippen LogP contribution >= 0.6 is 11.3 Å². The van der Waals surface area contributed by atoms with Crippen LogP contribution in [0.3, 0.4) is 0 Å². The number of hydrogen-bond donors (Lipinski definition) is 2. The number of anilines is 3. The second-order valence-corrected chi connectivity index (χ2v) is 10.2. The first-order chi connectivity index (χ1) is 18.1. The average molecular weight is 518 g/mol. The van der Waals surface area contributed by atoms with E-state index in [-0.39, 0.29) is 22.7 Å². The molecule has 190 valence electrons. The molecule has 2 fully saturated rings. The smallest absolute Gasteiger partial charge is 0.284 e. The summed E-state index contributed by atoms with van der Waals surface area (Å²) in [5.74, 6) is -0.160. The number of aromatic nitrogens is 2. The van der Waals surface area contributed by atoms with Crippen LogP contribution in [-0.2, 0) is 6.54 Å². The average Bonchev–Trinajstić information content (AvgIpc) is 3.70. The fraction of sp³-hybridized carbons (Fsp3) is 0.346. The summed E-state index contributed by atoms with van der Waals surface area (Å²) in [5, 5.41) is 8.25. The van der Waals surface area contributed by atoms with E-state index in [4.69, 9.17) is 0 Å². The molecule has 11 heteroatoms. The van der Waals surface area contributed by atoms with Crippen LogP contribution in [0.1, 0.15) is 48.9 Å². The number of nitrogens with one attached hydrogen (secondary N) is 2. The number of benzene rings is 1. The summed E-state index contributed by atoms with van der Waals surface area (Å²) in [5.41, 5.74) is 3.45. The minimum absolute atomic E-state index is 0.0326. The van der Waals surface area contributed by atoms with E-state index in [9.17, 15) is 14.4 Å². The molecule has 3 amide bonds. The number of amides is 3. The first kappa shape index (κ1) is 23.6. The number of fused-ring (bicyclic) bond motifs is 1. The van der Waals surface area contributed by atoms with Crippen molar-refractivity contribution in [2.45, 2.75) is 19.4 Å². The molecule has 0 aliphatic carbocycles. The van der Waals surface area contributed by atoms with Gasteiger partial charge in [0, 0.05) is 62.0 Å². The van der Waals surface area contributed by atoms with Crippen molar-refractivity contribution in [1.29, 1.82) is 0 Å². The summed E-state index contributed by atoms with van der Waals surface area (Å²) in [6.07, 6.45) is 5.39. The van der Waals surface area contributed by atoms with Gasteiger partial charge in [0.15, 0.2) is 5.01 Å². The van der Waals surface area contributed by atoms with Gasteiger partial charge in [0.25, 0.3) is 17.7 Å². The highest BCUT2D eigenvalue weighted by Crippen LogP contribution is 2.31. The van der Waals surface area contributed by atoms with Gasteiger partial charge in [0.1, 0.15) is 5.82 Å². The van der Waals surface area contributed by atoms with Crippen molar-refractivity contribution in [3.05, 3.63) is 63.7 Å². The Morgan fingerprint density at radius 3 is 2.68 bits per heavy atom. The number of rotatable bonds is 5. The predicted molar refractivity (Wildman–Crippen MR) is 141 cm³/mol. The largest absolute Gasteiger partial charge is 0.367 e. The lowest BCUT2D eigenvalue weighted by atomic mass is 10.1. The monoisotopic (exact) mass is 517 g/mol. The summed E-state index contributed by atoms with van der Waals surface area (Å²) in [7, 11) is 0. The Kier molecular flexibility index (Phi) is 6.31. The molecule has 1 aromatic carbocycles. The molecular formula is C26H27N7O3S. The lowest BCUT2D eigenvalue weighted by Gasteiger charge is -2.30. The van der Waals surface area contributed by atoms with Gasteiger partial charge in [0.2, 0.25) is 0 Å². The van der Waals surface area contributed by atoms with Crippen LogP contribution in [0.4, 0.5) is 17.2 Å². The molecule has 0 unspecified atom stereocenters. The fourth-order valence-corrected chi connectivity index (χ4v) is 5.76. The maximum atomic E-state index is 13.2. The number of pyridine rings is 1. The van der Waals surface area contributed by atoms with E-state index < -0.39 is 0 Å². The van der Waals surface area contributed by atoms with Crippen molar-refractivity contribution in [3.8, 4) is 0 Å². The summed E-state index contributed by atoms with van der Waals surface area (Å²) >= 11 is 1.19. The Balaban J connectivity index is 1.17. The quantitative estimate of drug-likeness (QED) is 0.535. The zero-order valence-corrected chi connectivity index (χ0v) is 21.1. The topological polar surface area (TPSA) is 111 Å². The van der Waals surface area contributed by atoms with Crippen LogP contribution < -0.4 is 20.4 Å². The van der Waals surface area contributed by atoms with E-state index in [0.717, 1.165) is 63.4 Å². The molecule has 0 radical (unpaired) electrons. The zero-order chi connectivity index (χ0) is 25.4. The van der Waals surface area contributed by atoms with Gasteiger partial charge in [-0.2, -0.15) is 0 Å². The summed E-state index contributed by atoms with van der Waals surface area (Å²) in [4.78, 5) is 53.3. The lowest BCUT2D eigenvalue weighted by molar-refractivity contribution is 0.0792. The molecule has 2 N–H and O–H groups in total. The third-order valence-electron chi connectivity index (χ3n) is 7.02. The standard InChI is InChI=1S/C26H27N7O3S/c34-23(29-20-14-28-6-5-21(20)31-11-7-27-8-12-31)24-30-22(16-37-24)33-15-18-4-3-17(13-19(18)26(33)36)25(35)32-9-1-2-10-32/h3-6,13-14,16,27H,1-2,7-12,15H2,(H,29,34). The SMILES string of the molecule is O=C(Nc1cnccc1N1CCNCC1)c1nc(N2Cc3ccc(C(=O)N4CCCC4)cc3C2=O)cs1. The van der Waals surface area contributed by atoms with Gasteiger partial charge in [0.05, 0.1) is 24.1 Å². The summed E-state index contributed by atoms with van der Waals surface area (Å²) in [6.45, 7) is 5.32. The Bertz CT molecular complexity index is 1360. The van der Waals surface area contributed by atoms with Gasteiger partial charge in [-0.05, 0) is 36.6 Å². The molecule has 2 aromatic heterocycles. The highest BCUT2D eigenvalue weighted by atomic mass is 32.1. The van der Waals surface area contributed by atoms with Gasteiger partial charge in [-0.1, -0.05) is 6.07 Å². The highest BCUT2D eigenvalue weighted by molar-refractivity contribution is 7.12. The summed E-state index contributed by atoms with van der Waals surface area (Å²) < 4.78 is 0. The van der Waals surface area contributed by atoms with Gasteiger partial charge in [-0.3, -0.25) is 24.3 Å². The maximum absolute atomic E-state index is 13.2. The van der Waals surface area contributed by atoms with Crippen molar-refractivity contribution >= 4 is 46.3 Å². The molecule has 6 rings (SSSR count). The molecule has 0 atom stereocenters. The van der Waals surface area contributed by atoms with Crippen LogP contribution in [0.5, 0.6) is 0 Å². The van der Waals surface area contributed by atoms with Gasteiger partial charge in [-0.25, -0.2) is 4.98 Å². The van der Waals surface area contributed by atoms with Crippen LogP contribution in [0.2, 0.25) is 0 Å². The van der Waals surface area contributed by atoms with Crippen molar-refractivity contribution in [2.75, 3.05) is 54.4 Å². The first-order valence-corrected chi connectivity index (χ1v) is 13.4. The molecule has 0 spiro atoms. The third-order valence-corrected chi connectivity index (χ3v) is 7.85. The molecule has 37 heavy (non-hydrogen) atoms. The number of carbonyl (C=O) groups is 3. The molecule has 0 saturated carbocycles. The van der Waals surface area contributed by atoms with Crippen LogP contribution in [0.15, 0.2) is 42.0 Å². The molecule has 3 aliphatic heterocycles. The number of piperazine rings is 1. The van der Waals surface area contributed by atoms with E-state index >= 15 is 0 Å². The van der Waals surface area contributed by atoms with Crippen molar-refractivity contribution in [3.63, 3.8) is 0 Å². The van der Waals surface area contributed by atoms with E-state index in [2.05, 4.69) is 25.5 Å². The van der Waals surface area contributed by atoms with Gasteiger partial charge in [-0.15, -0.1) is 11.3 Å². The summed E-state index contributed by atoms with van der Waals surface area (Å²) in [6, 6.07) is 7.23. The number of nitrogens with zero attached hydrogens (tertiary/aromatic N) is 5. The minimum atomic E-state index is -0.344. The Hall–Kier alpha value is -3.83. The predicted octanol–water partition coefficient (Wildman–Crippen LogP) is 2.60. The molecule has 3 aliphatic rings. The van der Waals surface area contributed by atoms with Crippen molar-refractivity contribution in [1.82, 2.24) is 20.2 Å². The molecule has 3 aromatic rings. The third kappa shape index (κ3) is 4.56. The normalized spacial score (nSPS) is 17.3. The molecular weight excluding hydrogens is 490 g/mol. The fourth-order valence-electron chi connectivity index (χ4n) is 5.06. The molecule has 10 nitrogen and oxygen atoms in total. The second kappa shape index (κ2) is 9.91. The van der Waals surface area contributed by atoms with Crippen molar-refractivity contribution < 1.29 is 14.4 Å². The zero-order valence-electron chi connectivity index (χ0n) is 20.3. The minimum Gasteiger partial charge on any atom is -0.367 e. The maximum Gasteiger partial charge on any atom is 0.284 e. The van der Waals surface area contributed by atoms with E-state index in [1.165, 1.54) is 11.3 Å². The van der Waals surface area contributed by atoms with Crippen LogP contribution in [-0.4, -0.2) is 71.9 Å². The van der Waals surface area contributed by atoms with E-state index in [1.54, 1.807) is 34.8 Å². The van der Waals surface area contributed by atoms with Crippen molar-refractivity contribution in [2.24, 2.45) is 0 Å². The number of thiazole rings is 1. The molecule has 2 saturated heterocycles. The van der Waals surface area contributed by atoms with Gasteiger partial charge < -0.3 is 20.4 Å². The van der Waals surface area contributed by atoms with Crippen LogP contribution in [0, 0.1) is 0 Å².